The van der Waals surface area contributed by atoms with Crippen LogP contribution in [0.4, 0.5) is 0 Å². The highest BCUT2D eigenvalue weighted by molar-refractivity contribution is 7.09. The number of amides is 1. The fourth-order valence-corrected chi connectivity index (χ4v) is 1.72. The predicted octanol–water partition coefficient (Wildman–Crippen LogP) is 2.11. The molecule has 14 heavy (non-hydrogen) atoms. The van der Waals surface area contributed by atoms with E-state index in [9.17, 15) is 4.79 Å². The number of carbonyl (C=O) groups is 1. The van der Waals surface area contributed by atoms with Crippen molar-refractivity contribution in [3.8, 4) is 0 Å². The molecule has 0 bridgehead atoms. The van der Waals surface area contributed by atoms with Gasteiger partial charge in [-0.1, -0.05) is 13.8 Å². The zero-order valence-corrected chi connectivity index (χ0v) is 9.65. The second-order valence-electron chi connectivity index (χ2n) is 3.41. The molecule has 0 aromatic carbocycles. The SMILES string of the molecule is CC[C@@H](C)C(=O)NCc1nc(C)cs1. The highest BCUT2D eigenvalue weighted by Crippen LogP contribution is 2.08. The van der Waals surface area contributed by atoms with Crippen LogP contribution in [-0.4, -0.2) is 10.9 Å². The topological polar surface area (TPSA) is 42.0 Å². The first-order chi connectivity index (χ1) is 6.63. The van der Waals surface area contributed by atoms with Gasteiger partial charge in [0.2, 0.25) is 5.91 Å². The van der Waals surface area contributed by atoms with Crippen LogP contribution in [0.1, 0.15) is 31.0 Å². The average Bonchev–Trinajstić information content (AvgIpc) is 2.59. The minimum absolute atomic E-state index is 0.0936. The second kappa shape index (κ2) is 5.10. The number of aryl methyl sites for hydroxylation is 1. The number of nitrogens with zero attached hydrogens (tertiary/aromatic N) is 1. The van der Waals surface area contributed by atoms with Crippen LogP contribution in [0.2, 0.25) is 0 Å². The maximum absolute atomic E-state index is 11.4. The summed E-state index contributed by atoms with van der Waals surface area (Å²) in [5, 5.41) is 5.83. The van der Waals surface area contributed by atoms with E-state index in [2.05, 4.69) is 10.3 Å². The van der Waals surface area contributed by atoms with Crippen molar-refractivity contribution in [3.05, 3.63) is 16.1 Å². The maximum atomic E-state index is 11.4. The Labute approximate surface area is 88.6 Å². The minimum Gasteiger partial charge on any atom is -0.349 e. The summed E-state index contributed by atoms with van der Waals surface area (Å²) in [5.74, 6) is 0.205. The van der Waals surface area contributed by atoms with E-state index < -0.39 is 0 Å². The Morgan fingerprint density at radius 1 is 1.71 bits per heavy atom. The van der Waals surface area contributed by atoms with Gasteiger partial charge in [0.15, 0.2) is 0 Å². The van der Waals surface area contributed by atoms with E-state index in [1.807, 2.05) is 26.2 Å². The maximum Gasteiger partial charge on any atom is 0.223 e. The standard InChI is InChI=1S/C10H16N2OS/c1-4-7(2)10(13)11-5-9-12-8(3)6-14-9/h6-7H,4-5H2,1-3H3,(H,11,13)/t7-/m1/s1. The van der Waals surface area contributed by atoms with E-state index in [0.29, 0.717) is 6.54 Å². The molecule has 0 unspecified atom stereocenters. The number of rotatable bonds is 4. The molecule has 0 radical (unpaired) electrons. The van der Waals surface area contributed by atoms with E-state index in [0.717, 1.165) is 17.1 Å². The summed E-state index contributed by atoms with van der Waals surface area (Å²) in [4.78, 5) is 15.7. The van der Waals surface area contributed by atoms with E-state index in [-0.39, 0.29) is 11.8 Å². The quantitative estimate of drug-likeness (QED) is 0.830. The van der Waals surface area contributed by atoms with Gasteiger partial charge in [0, 0.05) is 17.0 Å². The lowest BCUT2D eigenvalue weighted by Gasteiger charge is -2.07. The first kappa shape index (κ1) is 11.2. The molecular formula is C10H16N2OS. The second-order valence-corrected chi connectivity index (χ2v) is 4.35. The van der Waals surface area contributed by atoms with Gasteiger partial charge in [-0.25, -0.2) is 4.98 Å². The van der Waals surface area contributed by atoms with Crippen LogP contribution in [0.5, 0.6) is 0 Å². The minimum atomic E-state index is 0.0936. The number of carbonyl (C=O) groups excluding carboxylic acids is 1. The molecule has 0 aliphatic rings. The molecule has 1 amide bonds. The fraction of sp³-hybridized carbons (Fsp3) is 0.600. The van der Waals surface area contributed by atoms with Crippen LogP contribution in [0, 0.1) is 12.8 Å². The van der Waals surface area contributed by atoms with Gasteiger partial charge in [-0.15, -0.1) is 11.3 Å². The molecule has 1 heterocycles. The molecule has 4 heteroatoms. The lowest BCUT2D eigenvalue weighted by atomic mass is 10.1. The molecule has 3 nitrogen and oxygen atoms in total. The van der Waals surface area contributed by atoms with Crippen molar-refractivity contribution in [2.75, 3.05) is 0 Å². The molecule has 1 aromatic heterocycles. The molecule has 1 atom stereocenters. The van der Waals surface area contributed by atoms with Crippen LogP contribution in [0.25, 0.3) is 0 Å². The Kier molecular flexibility index (Phi) is 4.07. The first-order valence-corrected chi connectivity index (χ1v) is 5.70. The Balaban J connectivity index is 2.37. The molecule has 0 aliphatic heterocycles. The van der Waals surface area contributed by atoms with Gasteiger partial charge in [-0.3, -0.25) is 4.79 Å². The average molecular weight is 212 g/mol. The third kappa shape index (κ3) is 3.10. The van der Waals surface area contributed by atoms with E-state index in [4.69, 9.17) is 0 Å². The van der Waals surface area contributed by atoms with E-state index in [1.165, 1.54) is 0 Å². The van der Waals surface area contributed by atoms with Crippen molar-refractivity contribution >= 4 is 17.2 Å². The van der Waals surface area contributed by atoms with E-state index in [1.54, 1.807) is 11.3 Å². The first-order valence-electron chi connectivity index (χ1n) is 4.82. The van der Waals surface area contributed by atoms with Crippen LogP contribution in [0.15, 0.2) is 5.38 Å². The van der Waals surface area contributed by atoms with Crippen LogP contribution >= 0.6 is 11.3 Å². The zero-order valence-electron chi connectivity index (χ0n) is 8.83. The molecule has 0 fully saturated rings. The summed E-state index contributed by atoms with van der Waals surface area (Å²) in [6.07, 6.45) is 0.878. The molecule has 1 rings (SSSR count). The number of aromatic nitrogens is 1. The Hall–Kier alpha value is -0.900. The predicted molar refractivity (Wildman–Crippen MR) is 58.2 cm³/mol. The van der Waals surface area contributed by atoms with Gasteiger partial charge >= 0.3 is 0 Å². The highest BCUT2D eigenvalue weighted by atomic mass is 32.1. The highest BCUT2D eigenvalue weighted by Gasteiger charge is 2.10. The van der Waals surface area contributed by atoms with Gasteiger partial charge in [0.25, 0.3) is 0 Å². The Morgan fingerprint density at radius 2 is 2.43 bits per heavy atom. The monoisotopic (exact) mass is 212 g/mol. The van der Waals surface area contributed by atoms with Crippen molar-refractivity contribution in [2.45, 2.75) is 33.7 Å². The smallest absolute Gasteiger partial charge is 0.223 e. The summed E-state index contributed by atoms with van der Waals surface area (Å²) in [7, 11) is 0. The van der Waals surface area contributed by atoms with Crippen LogP contribution in [0.3, 0.4) is 0 Å². The molecule has 0 aliphatic carbocycles. The van der Waals surface area contributed by atoms with Gasteiger partial charge in [-0.05, 0) is 13.3 Å². The van der Waals surface area contributed by atoms with Crippen molar-refractivity contribution in [1.82, 2.24) is 10.3 Å². The summed E-state index contributed by atoms with van der Waals surface area (Å²) in [6, 6.07) is 0. The van der Waals surface area contributed by atoms with Gasteiger partial charge in [0.1, 0.15) is 5.01 Å². The summed E-state index contributed by atoms with van der Waals surface area (Å²) in [5.41, 5.74) is 1.02. The van der Waals surface area contributed by atoms with Gasteiger partial charge in [-0.2, -0.15) is 0 Å². The Bertz CT molecular complexity index is 309. The zero-order chi connectivity index (χ0) is 10.6. The third-order valence-corrected chi connectivity index (χ3v) is 3.11. The van der Waals surface area contributed by atoms with Crippen molar-refractivity contribution in [2.24, 2.45) is 5.92 Å². The normalized spacial score (nSPS) is 12.5. The molecule has 78 valence electrons. The number of nitrogens with one attached hydrogen (secondary N) is 1. The van der Waals surface area contributed by atoms with Crippen LogP contribution < -0.4 is 5.32 Å². The Morgan fingerprint density at radius 3 is 2.93 bits per heavy atom. The molecule has 1 N–H and O–H groups in total. The summed E-state index contributed by atoms with van der Waals surface area (Å²) < 4.78 is 0. The van der Waals surface area contributed by atoms with Crippen LogP contribution in [-0.2, 0) is 11.3 Å². The number of hydrogen-bond acceptors (Lipinski definition) is 3. The molecule has 0 spiro atoms. The lowest BCUT2D eigenvalue weighted by Crippen LogP contribution is -2.28. The number of thiazole rings is 1. The molecule has 0 saturated heterocycles. The molecule has 1 aromatic rings. The van der Waals surface area contributed by atoms with Crippen molar-refractivity contribution in [3.63, 3.8) is 0 Å². The van der Waals surface area contributed by atoms with E-state index >= 15 is 0 Å². The molecular weight excluding hydrogens is 196 g/mol. The van der Waals surface area contributed by atoms with Gasteiger partial charge < -0.3 is 5.32 Å². The van der Waals surface area contributed by atoms with Crippen molar-refractivity contribution in [1.29, 1.82) is 0 Å². The lowest BCUT2D eigenvalue weighted by molar-refractivity contribution is -0.124. The number of hydrogen-bond donors (Lipinski definition) is 1. The third-order valence-electron chi connectivity index (χ3n) is 2.14. The van der Waals surface area contributed by atoms with Gasteiger partial charge in [0.05, 0.1) is 6.54 Å². The fourth-order valence-electron chi connectivity index (χ4n) is 1.01. The summed E-state index contributed by atoms with van der Waals surface area (Å²) in [6.45, 7) is 6.46. The summed E-state index contributed by atoms with van der Waals surface area (Å²) >= 11 is 1.59. The van der Waals surface area contributed by atoms with Crippen molar-refractivity contribution < 1.29 is 4.79 Å². The molecule has 0 saturated carbocycles. The largest absolute Gasteiger partial charge is 0.349 e.